The summed E-state index contributed by atoms with van der Waals surface area (Å²) < 4.78 is 12.3. The standard InChI is InChI=1S/C26H43O3S/c1-26(20-13-18-12-19(15-20)16-21(26)14-18)29-25(27)17-28-22-8-10-24(11-9-22)30(2)23-6-4-3-5-7-23/h18-24H,3-17H2,1-2H3/q+1. The average molecular weight is 436 g/mol. The van der Waals surface area contributed by atoms with Crippen molar-refractivity contribution in [3.8, 4) is 0 Å². The van der Waals surface area contributed by atoms with Crippen molar-refractivity contribution in [2.24, 2.45) is 23.7 Å². The topological polar surface area (TPSA) is 35.5 Å². The summed E-state index contributed by atoms with van der Waals surface area (Å²) in [5, 5.41) is 1.88. The number of hydrogen-bond donors (Lipinski definition) is 0. The molecule has 6 aliphatic carbocycles. The van der Waals surface area contributed by atoms with Crippen LogP contribution in [0.5, 0.6) is 0 Å². The summed E-state index contributed by atoms with van der Waals surface area (Å²) in [7, 11) is 0.569. The minimum absolute atomic E-state index is 0.107. The first-order valence-electron chi connectivity index (χ1n) is 13.0. The van der Waals surface area contributed by atoms with Crippen molar-refractivity contribution in [1.29, 1.82) is 0 Å². The summed E-state index contributed by atoms with van der Waals surface area (Å²) in [6.45, 7) is 2.40. The molecule has 3 nitrogen and oxygen atoms in total. The first kappa shape index (κ1) is 21.6. The van der Waals surface area contributed by atoms with E-state index in [0.29, 0.717) is 22.7 Å². The molecule has 4 heteroatoms. The van der Waals surface area contributed by atoms with Crippen LogP contribution in [0.1, 0.15) is 96.8 Å². The Balaban J connectivity index is 1.05. The summed E-state index contributed by atoms with van der Waals surface area (Å²) >= 11 is 0. The highest BCUT2D eigenvalue weighted by Crippen LogP contribution is 2.59. The predicted molar refractivity (Wildman–Crippen MR) is 124 cm³/mol. The quantitative estimate of drug-likeness (QED) is 0.399. The lowest BCUT2D eigenvalue weighted by atomic mass is 9.50. The summed E-state index contributed by atoms with van der Waals surface area (Å²) in [6.07, 6.45) is 21.5. The van der Waals surface area contributed by atoms with Crippen LogP contribution in [0.25, 0.3) is 0 Å². The minimum Gasteiger partial charge on any atom is -0.457 e. The van der Waals surface area contributed by atoms with E-state index < -0.39 is 0 Å². The normalized spacial score (nSPS) is 44.7. The van der Waals surface area contributed by atoms with Crippen molar-refractivity contribution in [2.75, 3.05) is 12.9 Å². The Kier molecular flexibility index (Phi) is 6.46. The third-order valence-electron chi connectivity index (χ3n) is 9.75. The van der Waals surface area contributed by atoms with Crippen LogP contribution in [0.2, 0.25) is 0 Å². The fraction of sp³-hybridized carbons (Fsp3) is 0.962. The second-order valence-corrected chi connectivity index (χ2v) is 14.1. The minimum atomic E-state index is -0.220. The Hall–Kier alpha value is -0.220. The molecule has 0 N–H and O–H groups in total. The van der Waals surface area contributed by atoms with Gasteiger partial charge in [0.2, 0.25) is 0 Å². The SMILES string of the molecule is C[S+](C1CCCCC1)C1CCC(OCC(=O)OC2(C)C3CC4CC(C3)CC2C4)CC1. The van der Waals surface area contributed by atoms with Crippen molar-refractivity contribution in [3.63, 3.8) is 0 Å². The molecule has 0 aromatic carbocycles. The molecule has 0 radical (unpaired) electrons. The molecule has 30 heavy (non-hydrogen) atoms. The number of rotatable bonds is 6. The Labute approximate surface area is 186 Å². The van der Waals surface area contributed by atoms with Gasteiger partial charge in [0.05, 0.1) is 12.4 Å². The molecule has 4 bridgehead atoms. The van der Waals surface area contributed by atoms with Crippen LogP contribution in [-0.2, 0) is 25.2 Å². The van der Waals surface area contributed by atoms with E-state index in [0.717, 1.165) is 35.2 Å². The van der Waals surface area contributed by atoms with Gasteiger partial charge in [-0.25, -0.2) is 4.79 Å². The van der Waals surface area contributed by atoms with E-state index in [1.54, 1.807) is 0 Å². The average Bonchev–Trinajstić information content (AvgIpc) is 2.76. The molecule has 6 rings (SSSR count). The molecule has 0 aromatic heterocycles. The monoisotopic (exact) mass is 435 g/mol. The number of hydrogen-bond acceptors (Lipinski definition) is 3. The van der Waals surface area contributed by atoms with Crippen LogP contribution in [0.4, 0.5) is 0 Å². The zero-order valence-electron chi connectivity index (χ0n) is 19.3. The van der Waals surface area contributed by atoms with Gasteiger partial charge in [-0.2, -0.15) is 0 Å². The highest BCUT2D eigenvalue weighted by Gasteiger charge is 2.57. The van der Waals surface area contributed by atoms with E-state index in [1.807, 2.05) is 0 Å². The second kappa shape index (κ2) is 8.96. The Bertz CT molecular complexity index is 577. The number of carbonyl (C=O) groups excluding carboxylic acids is 1. The maximum absolute atomic E-state index is 12.7. The van der Waals surface area contributed by atoms with Crippen molar-refractivity contribution < 1.29 is 14.3 Å². The van der Waals surface area contributed by atoms with Gasteiger partial charge in [0.15, 0.2) is 0 Å². The Morgan fingerprint density at radius 1 is 0.833 bits per heavy atom. The highest BCUT2D eigenvalue weighted by molar-refractivity contribution is 7.97. The van der Waals surface area contributed by atoms with Gasteiger partial charge in [-0.3, -0.25) is 0 Å². The third kappa shape index (κ3) is 4.34. The predicted octanol–water partition coefficient (Wildman–Crippen LogP) is 5.65. The molecule has 6 aliphatic rings. The second-order valence-electron chi connectivity index (χ2n) is 11.5. The molecule has 0 amide bonds. The van der Waals surface area contributed by atoms with E-state index in [4.69, 9.17) is 9.47 Å². The fourth-order valence-corrected chi connectivity index (χ4v) is 10.7. The van der Waals surface area contributed by atoms with Crippen LogP contribution in [0, 0.1) is 23.7 Å². The molecule has 0 aliphatic heterocycles. The lowest BCUT2D eigenvalue weighted by Gasteiger charge is -2.59. The van der Waals surface area contributed by atoms with Crippen molar-refractivity contribution in [2.45, 2.75) is 119 Å². The maximum Gasteiger partial charge on any atom is 0.332 e. The van der Waals surface area contributed by atoms with Crippen molar-refractivity contribution in [3.05, 3.63) is 0 Å². The zero-order valence-corrected chi connectivity index (χ0v) is 20.1. The third-order valence-corrected chi connectivity index (χ3v) is 12.8. The lowest BCUT2D eigenvalue weighted by molar-refractivity contribution is -0.208. The van der Waals surface area contributed by atoms with Gasteiger partial charge in [0.25, 0.3) is 0 Å². The van der Waals surface area contributed by atoms with Gasteiger partial charge in [0, 0.05) is 0 Å². The molecule has 6 fully saturated rings. The van der Waals surface area contributed by atoms with Gasteiger partial charge in [0.1, 0.15) is 22.7 Å². The van der Waals surface area contributed by atoms with Gasteiger partial charge in [-0.1, -0.05) is 6.42 Å². The highest BCUT2D eigenvalue weighted by atomic mass is 32.2. The maximum atomic E-state index is 12.7. The first-order chi connectivity index (χ1) is 14.5. The van der Waals surface area contributed by atoms with Crippen LogP contribution in [0.3, 0.4) is 0 Å². The molecule has 1 unspecified atom stereocenters. The van der Waals surface area contributed by atoms with Crippen molar-refractivity contribution >= 4 is 16.9 Å². The van der Waals surface area contributed by atoms with Crippen LogP contribution in [0.15, 0.2) is 0 Å². The molecule has 6 saturated carbocycles. The summed E-state index contributed by atoms with van der Waals surface area (Å²) in [4.78, 5) is 12.7. The zero-order chi connectivity index (χ0) is 20.7. The summed E-state index contributed by atoms with van der Waals surface area (Å²) in [5.41, 5.74) is -0.220. The smallest absolute Gasteiger partial charge is 0.332 e. The van der Waals surface area contributed by atoms with E-state index in [-0.39, 0.29) is 24.3 Å². The van der Waals surface area contributed by atoms with Gasteiger partial charge in [-0.15, -0.1) is 0 Å². The van der Waals surface area contributed by atoms with E-state index >= 15 is 0 Å². The lowest BCUT2D eigenvalue weighted by Crippen LogP contribution is -2.58. The van der Waals surface area contributed by atoms with Gasteiger partial charge < -0.3 is 9.47 Å². The molecule has 0 heterocycles. The van der Waals surface area contributed by atoms with Gasteiger partial charge >= 0.3 is 5.97 Å². The molecular formula is C26H43O3S+. The van der Waals surface area contributed by atoms with Crippen molar-refractivity contribution in [1.82, 2.24) is 0 Å². The molecule has 0 aromatic rings. The molecule has 170 valence electrons. The Morgan fingerprint density at radius 2 is 1.40 bits per heavy atom. The largest absolute Gasteiger partial charge is 0.457 e. The molecular weight excluding hydrogens is 392 g/mol. The molecule has 0 saturated heterocycles. The van der Waals surface area contributed by atoms with Crippen LogP contribution >= 0.6 is 0 Å². The van der Waals surface area contributed by atoms with Crippen LogP contribution in [-0.4, -0.2) is 41.0 Å². The fourth-order valence-electron chi connectivity index (χ4n) is 8.03. The van der Waals surface area contributed by atoms with Gasteiger partial charge in [-0.05, 0) is 125 Å². The molecule has 1 atom stereocenters. The summed E-state index contributed by atoms with van der Waals surface area (Å²) in [5.74, 6) is 2.89. The van der Waals surface area contributed by atoms with E-state index in [9.17, 15) is 4.79 Å². The molecule has 0 spiro atoms. The van der Waals surface area contributed by atoms with Crippen LogP contribution < -0.4 is 0 Å². The summed E-state index contributed by atoms with van der Waals surface area (Å²) in [6, 6.07) is 0. The van der Waals surface area contributed by atoms with E-state index in [2.05, 4.69) is 13.2 Å². The Morgan fingerprint density at radius 3 is 2.00 bits per heavy atom. The number of carbonyl (C=O) groups is 1. The van der Waals surface area contributed by atoms with E-state index in [1.165, 1.54) is 77.0 Å². The first-order valence-corrected chi connectivity index (χ1v) is 14.7. The number of ether oxygens (including phenoxy) is 2. The number of esters is 1.